The lowest BCUT2D eigenvalue weighted by atomic mass is 10.3. The number of ether oxygens (including phenoxy) is 1. The second-order valence-electron chi connectivity index (χ2n) is 1.65. The third kappa shape index (κ3) is 1.25. The number of nitrogens with one attached hydrogen (secondary N) is 1. The summed E-state index contributed by atoms with van der Waals surface area (Å²) in [7, 11) is 0. The Morgan fingerprint density at radius 1 is 1.89 bits per heavy atom. The zero-order valence-corrected chi connectivity index (χ0v) is 5.60. The number of hydrogen-bond donors (Lipinski definition) is 2. The molecule has 4 heteroatoms. The van der Waals surface area contributed by atoms with Crippen LogP contribution < -0.4 is 5.32 Å². The number of carbonyl (C=O) groups excluding carboxylic acids is 1. The highest BCUT2D eigenvalue weighted by Crippen LogP contribution is 2.08. The van der Waals surface area contributed by atoms with Crippen LogP contribution in [0.4, 0.5) is 0 Å². The molecule has 1 aliphatic rings. The van der Waals surface area contributed by atoms with Crippen LogP contribution in [0.2, 0.25) is 0 Å². The molecule has 2 unspecified atom stereocenters. The Kier molecular flexibility index (Phi) is 1.78. The van der Waals surface area contributed by atoms with Crippen LogP contribution in [-0.4, -0.2) is 17.6 Å². The molecule has 1 fully saturated rings. The lowest BCUT2D eigenvalue weighted by molar-refractivity contribution is -0.121. The van der Waals surface area contributed by atoms with Crippen LogP contribution in [0.5, 0.6) is 0 Å². The van der Waals surface area contributed by atoms with Crippen molar-refractivity contribution in [2.45, 2.75) is 11.7 Å². The van der Waals surface area contributed by atoms with Crippen LogP contribution in [0.25, 0.3) is 0 Å². The van der Waals surface area contributed by atoms with Gasteiger partial charge in [-0.25, -0.2) is 0 Å². The summed E-state index contributed by atoms with van der Waals surface area (Å²) in [5, 5.41) is 2.45. The fourth-order valence-electron chi connectivity index (χ4n) is 0.601. The molecule has 1 rings (SSSR count). The summed E-state index contributed by atoms with van der Waals surface area (Å²) in [6.07, 6.45) is 0.915. The minimum Gasteiger partial charge on any atom is -0.332 e. The van der Waals surface area contributed by atoms with Crippen molar-refractivity contribution >= 4 is 18.5 Å². The molecule has 9 heavy (non-hydrogen) atoms. The smallest absolute Gasteiger partial charge is 0.255 e. The topological polar surface area (TPSA) is 38.3 Å². The minimum atomic E-state index is -0.521. The van der Waals surface area contributed by atoms with E-state index >= 15 is 0 Å². The van der Waals surface area contributed by atoms with Gasteiger partial charge in [0.25, 0.3) is 5.91 Å². The third-order valence-corrected chi connectivity index (χ3v) is 1.26. The van der Waals surface area contributed by atoms with Gasteiger partial charge in [-0.3, -0.25) is 4.79 Å². The highest BCUT2D eigenvalue weighted by atomic mass is 32.1. The van der Waals surface area contributed by atoms with E-state index in [2.05, 4.69) is 24.5 Å². The molecule has 1 N–H and O–H groups in total. The van der Waals surface area contributed by atoms with Crippen LogP contribution in [0.1, 0.15) is 0 Å². The van der Waals surface area contributed by atoms with E-state index in [9.17, 15) is 4.79 Å². The van der Waals surface area contributed by atoms with E-state index in [-0.39, 0.29) is 5.91 Å². The molecule has 0 saturated carbocycles. The van der Waals surface area contributed by atoms with Gasteiger partial charge in [0.2, 0.25) is 0 Å². The van der Waals surface area contributed by atoms with Gasteiger partial charge in [-0.2, -0.15) is 0 Å². The van der Waals surface area contributed by atoms with E-state index in [0.717, 1.165) is 0 Å². The first kappa shape index (κ1) is 6.64. The average molecular weight is 145 g/mol. The second-order valence-corrected chi connectivity index (χ2v) is 2.12. The molecule has 50 valence electrons. The molecular formula is C5H7NO2S. The van der Waals surface area contributed by atoms with Gasteiger partial charge in [-0.1, -0.05) is 12.7 Å². The summed E-state index contributed by atoms with van der Waals surface area (Å²) in [4.78, 5) is 10.7. The molecule has 0 aliphatic carbocycles. The normalized spacial score (nSPS) is 34.1. The van der Waals surface area contributed by atoms with E-state index < -0.39 is 11.7 Å². The predicted octanol–water partition coefficient (Wildman–Crippen LogP) is -0.0992. The molecule has 2 atom stereocenters. The fraction of sp³-hybridized carbons (Fsp3) is 0.400. The number of hydrogen-bond acceptors (Lipinski definition) is 3. The monoisotopic (exact) mass is 145 g/mol. The molecule has 1 saturated heterocycles. The molecule has 3 nitrogen and oxygen atoms in total. The third-order valence-electron chi connectivity index (χ3n) is 1.01. The highest BCUT2D eigenvalue weighted by molar-refractivity contribution is 7.80. The Bertz CT molecular complexity index is 148. The molecular weight excluding hydrogens is 138 g/mol. The molecule has 0 aromatic rings. The number of thiol groups is 1. The minimum absolute atomic E-state index is 0.176. The second kappa shape index (κ2) is 2.41. The Morgan fingerprint density at radius 3 is 2.78 bits per heavy atom. The zero-order chi connectivity index (χ0) is 6.85. The first-order valence-corrected chi connectivity index (χ1v) is 3.02. The van der Waals surface area contributed by atoms with Crippen molar-refractivity contribution in [1.82, 2.24) is 5.32 Å². The van der Waals surface area contributed by atoms with Crippen LogP contribution in [0.15, 0.2) is 12.7 Å². The van der Waals surface area contributed by atoms with E-state index in [0.29, 0.717) is 0 Å². The summed E-state index contributed by atoms with van der Waals surface area (Å²) in [5.41, 5.74) is -0.472. The molecule has 1 amide bonds. The van der Waals surface area contributed by atoms with Crippen molar-refractivity contribution < 1.29 is 9.53 Å². The average Bonchev–Trinajstić information content (AvgIpc) is 2.10. The van der Waals surface area contributed by atoms with Crippen molar-refractivity contribution in [2.75, 3.05) is 0 Å². The number of carbonyl (C=O) groups is 1. The van der Waals surface area contributed by atoms with E-state index in [4.69, 9.17) is 4.74 Å². The van der Waals surface area contributed by atoms with Crippen molar-refractivity contribution in [1.29, 1.82) is 0 Å². The zero-order valence-electron chi connectivity index (χ0n) is 4.70. The van der Waals surface area contributed by atoms with Crippen molar-refractivity contribution in [3.63, 3.8) is 0 Å². The first-order valence-electron chi connectivity index (χ1n) is 2.50. The Balaban J connectivity index is 2.57. The maximum atomic E-state index is 10.7. The summed E-state index contributed by atoms with van der Waals surface area (Å²) in [6, 6.07) is 0. The Labute approximate surface area is 58.5 Å². The van der Waals surface area contributed by atoms with Crippen molar-refractivity contribution in [2.24, 2.45) is 0 Å². The summed E-state index contributed by atoms with van der Waals surface area (Å²) in [6.45, 7) is 3.41. The lowest BCUT2D eigenvalue weighted by Gasteiger charge is -1.98. The summed E-state index contributed by atoms with van der Waals surface area (Å²) in [5.74, 6) is -0.176. The van der Waals surface area contributed by atoms with Gasteiger partial charge in [0, 0.05) is 0 Å². The van der Waals surface area contributed by atoms with Gasteiger partial charge in [-0.05, 0) is 0 Å². The van der Waals surface area contributed by atoms with Crippen molar-refractivity contribution in [3.8, 4) is 0 Å². The molecule has 0 radical (unpaired) electrons. The van der Waals surface area contributed by atoms with E-state index in [1.807, 2.05) is 0 Å². The van der Waals surface area contributed by atoms with E-state index in [1.54, 1.807) is 0 Å². The van der Waals surface area contributed by atoms with Crippen molar-refractivity contribution in [3.05, 3.63) is 12.7 Å². The largest absolute Gasteiger partial charge is 0.332 e. The maximum absolute atomic E-state index is 10.7. The number of amides is 1. The fourth-order valence-corrected chi connectivity index (χ4v) is 0.859. The summed E-state index contributed by atoms with van der Waals surface area (Å²) >= 11 is 3.86. The first-order chi connectivity index (χ1) is 4.24. The Morgan fingerprint density at radius 2 is 2.56 bits per heavy atom. The maximum Gasteiger partial charge on any atom is 0.255 e. The molecule has 1 aliphatic heterocycles. The predicted molar refractivity (Wildman–Crippen MR) is 36.0 cm³/mol. The van der Waals surface area contributed by atoms with Crippen LogP contribution in [0, 0.1) is 0 Å². The van der Waals surface area contributed by atoms with Crippen LogP contribution >= 0.6 is 12.6 Å². The van der Waals surface area contributed by atoms with Gasteiger partial charge in [0.1, 0.15) is 0 Å². The molecule has 0 aromatic heterocycles. The molecule has 0 spiro atoms. The molecule has 1 heterocycles. The van der Waals surface area contributed by atoms with Crippen LogP contribution in [-0.2, 0) is 9.53 Å². The van der Waals surface area contributed by atoms with Gasteiger partial charge in [0.15, 0.2) is 11.7 Å². The standard InChI is InChI=1S/C5H7NO2S/c1-2-3-4(7)6-5(9)8-3/h2-3,5,9H,1H2,(H,6,7). The van der Waals surface area contributed by atoms with Gasteiger partial charge >= 0.3 is 0 Å². The SMILES string of the molecule is C=CC1OC(S)NC1=O. The lowest BCUT2D eigenvalue weighted by Crippen LogP contribution is -2.23. The Hall–Kier alpha value is -0.480. The van der Waals surface area contributed by atoms with Gasteiger partial charge < -0.3 is 10.1 Å². The van der Waals surface area contributed by atoms with Gasteiger partial charge in [-0.15, -0.1) is 12.6 Å². The summed E-state index contributed by atoms with van der Waals surface area (Å²) < 4.78 is 4.91. The van der Waals surface area contributed by atoms with E-state index in [1.165, 1.54) is 6.08 Å². The number of rotatable bonds is 1. The highest BCUT2D eigenvalue weighted by Gasteiger charge is 2.27. The van der Waals surface area contributed by atoms with Gasteiger partial charge in [0.05, 0.1) is 0 Å². The molecule has 0 aromatic carbocycles. The van der Waals surface area contributed by atoms with Crippen LogP contribution in [0.3, 0.4) is 0 Å². The molecule has 0 bridgehead atoms. The quantitative estimate of drug-likeness (QED) is 0.399.